The molecule has 5 nitrogen and oxygen atoms in total. The van der Waals surface area contributed by atoms with Crippen molar-refractivity contribution in [1.29, 1.82) is 0 Å². The van der Waals surface area contributed by atoms with Gasteiger partial charge in [-0.3, -0.25) is 14.4 Å². The highest BCUT2D eigenvalue weighted by Crippen LogP contribution is 1.96. The number of carbonyl (C=O) groups is 3. The van der Waals surface area contributed by atoms with E-state index in [1.807, 2.05) is 0 Å². The lowest BCUT2D eigenvalue weighted by atomic mass is 10.1. The molecule has 0 aliphatic carbocycles. The quantitative estimate of drug-likeness (QED) is 0.474. The summed E-state index contributed by atoms with van der Waals surface area (Å²) in [4.78, 5) is 28.6. The van der Waals surface area contributed by atoms with Crippen LogP contribution in [0.15, 0.2) is 0 Å². The molecular formula is C8H15NO4. The topological polar surface area (TPSA) is 97.5 Å². The second kappa shape index (κ2) is 7.42. The van der Waals surface area contributed by atoms with Crippen LogP contribution in [0.3, 0.4) is 0 Å². The highest BCUT2D eigenvalue weighted by atomic mass is 16.4. The van der Waals surface area contributed by atoms with Gasteiger partial charge in [-0.1, -0.05) is 13.8 Å². The van der Waals surface area contributed by atoms with Crippen LogP contribution in [-0.2, 0) is 14.4 Å². The van der Waals surface area contributed by atoms with E-state index in [0.29, 0.717) is 0 Å². The molecule has 0 aromatic rings. The summed E-state index contributed by atoms with van der Waals surface area (Å²) in [6.45, 7) is 4.77. The number of carbonyl (C=O) groups excluding carboxylic acids is 2. The van der Waals surface area contributed by atoms with E-state index in [1.54, 1.807) is 13.8 Å². The van der Waals surface area contributed by atoms with E-state index in [0.717, 1.165) is 0 Å². The van der Waals surface area contributed by atoms with Crippen LogP contribution >= 0.6 is 0 Å². The van der Waals surface area contributed by atoms with Crippen molar-refractivity contribution in [2.75, 3.05) is 0 Å². The SMILES string of the molecule is CC(=O)C=O.CC(C)[C@H](N)C(=O)O. The standard InChI is InChI=1S/C5H11NO2.C3H4O2/c1-3(2)4(6)5(7)8;1-3(5)2-4/h3-4H,6H2,1-2H3,(H,7,8);2H,1H3/t4-;/m0./s1. The predicted octanol–water partition coefficient (Wildman–Crippen LogP) is -0.171. The molecule has 0 rings (SSSR count). The maximum Gasteiger partial charge on any atom is 0.320 e. The molecule has 1 atom stereocenters. The molecule has 3 N–H and O–H groups in total. The van der Waals surface area contributed by atoms with Gasteiger partial charge >= 0.3 is 5.97 Å². The summed E-state index contributed by atoms with van der Waals surface area (Å²) in [5, 5.41) is 8.23. The van der Waals surface area contributed by atoms with Gasteiger partial charge in [0, 0.05) is 6.92 Å². The average molecular weight is 189 g/mol. The Kier molecular flexibility index (Phi) is 8.16. The van der Waals surface area contributed by atoms with Crippen LogP contribution in [0.5, 0.6) is 0 Å². The van der Waals surface area contributed by atoms with Gasteiger partial charge in [-0.15, -0.1) is 0 Å². The second-order valence-corrected chi connectivity index (χ2v) is 2.84. The molecule has 5 heteroatoms. The van der Waals surface area contributed by atoms with Crippen LogP contribution in [0.1, 0.15) is 20.8 Å². The fourth-order valence-corrected chi connectivity index (χ4v) is 0.285. The van der Waals surface area contributed by atoms with Crippen LogP contribution < -0.4 is 5.73 Å². The zero-order chi connectivity index (χ0) is 11.0. The Balaban J connectivity index is 0. The zero-order valence-electron chi connectivity index (χ0n) is 7.98. The van der Waals surface area contributed by atoms with E-state index in [9.17, 15) is 9.59 Å². The van der Waals surface area contributed by atoms with Gasteiger partial charge in [0.15, 0.2) is 12.1 Å². The normalized spacial score (nSPS) is 11.2. The Hall–Kier alpha value is -1.23. The second-order valence-electron chi connectivity index (χ2n) is 2.84. The number of nitrogens with two attached hydrogens (primary N) is 1. The first-order chi connectivity index (χ1) is 5.82. The molecule has 0 fully saturated rings. The van der Waals surface area contributed by atoms with Crippen LogP contribution in [0.2, 0.25) is 0 Å². The maximum absolute atomic E-state index is 10.0. The summed E-state index contributed by atoms with van der Waals surface area (Å²) >= 11 is 0. The van der Waals surface area contributed by atoms with Gasteiger partial charge in [0.2, 0.25) is 0 Å². The predicted molar refractivity (Wildman–Crippen MR) is 47.2 cm³/mol. The van der Waals surface area contributed by atoms with Gasteiger partial charge in [0.1, 0.15) is 6.04 Å². The fraction of sp³-hybridized carbons (Fsp3) is 0.625. The number of aldehydes is 1. The van der Waals surface area contributed by atoms with Crippen molar-refractivity contribution in [3.8, 4) is 0 Å². The summed E-state index contributed by atoms with van der Waals surface area (Å²) in [5.41, 5.74) is 5.16. The van der Waals surface area contributed by atoms with Crippen molar-refractivity contribution in [3.63, 3.8) is 0 Å². The largest absolute Gasteiger partial charge is 0.480 e. The Morgan fingerprint density at radius 1 is 1.38 bits per heavy atom. The minimum absolute atomic E-state index is 0.0208. The molecule has 0 bridgehead atoms. The van der Waals surface area contributed by atoms with Crippen molar-refractivity contribution < 1.29 is 19.5 Å². The number of rotatable bonds is 3. The minimum atomic E-state index is -0.931. The van der Waals surface area contributed by atoms with Gasteiger partial charge in [0.05, 0.1) is 0 Å². The van der Waals surface area contributed by atoms with Gasteiger partial charge in [0.25, 0.3) is 0 Å². The van der Waals surface area contributed by atoms with Crippen LogP contribution in [0.4, 0.5) is 0 Å². The average Bonchev–Trinajstić information content (AvgIpc) is 2.03. The van der Waals surface area contributed by atoms with Crippen LogP contribution in [0.25, 0.3) is 0 Å². The lowest BCUT2D eigenvalue weighted by Gasteiger charge is -2.07. The van der Waals surface area contributed by atoms with Crippen molar-refractivity contribution in [3.05, 3.63) is 0 Å². The molecule has 0 saturated carbocycles. The molecule has 13 heavy (non-hydrogen) atoms. The van der Waals surface area contributed by atoms with E-state index >= 15 is 0 Å². The van der Waals surface area contributed by atoms with Gasteiger partial charge in [-0.2, -0.15) is 0 Å². The molecule has 0 spiro atoms. The third-order valence-corrected chi connectivity index (χ3v) is 1.17. The molecule has 0 amide bonds. The molecule has 0 aromatic heterocycles. The third kappa shape index (κ3) is 10.8. The molecule has 76 valence electrons. The number of carboxylic acids is 1. The van der Waals surface area contributed by atoms with Gasteiger partial charge in [-0.25, -0.2) is 0 Å². The molecule has 0 saturated heterocycles. The first-order valence-corrected chi connectivity index (χ1v) is 3.77. The number of hydrogen-bond donors (Lipinski definition) is 2. The van der Waals surface area contributed by atoms with Crippen LogP contribution in [0, 0.1) is 5.92 Å². The summed E-state index contributed by atoms with van der Waals surface area (Å²) in [5.74, 6) is -1.34. The van der Waals surface area contributed by atoms with Gasteiger partial charge in [-0.05, 0) is 5.92 Å². The Morgan fingerprint density at radius 3 is 1.69 bits per heavy atom. The van der Waals surface area contributed by atoms with Crippen LogP contribution in [-0.4, -0.2) is 29.2 Å². The number of Topliss-reactive ketones (excluding diaryl/α,β-unsaturated/α-hetero) is 1. The molecule has 0 aliphatic rings. The summed E-state index contributed by atoms with van der Waals surface area (Å²) in [7, 11) is 0. The zero-order valence-corrected chi connectivity index (χ0v) is 7.98. The number of hydrogen-bond acceptors (Lipinski definition) is 4. The Bertz CT molecular complexity index is 189. The fourth-order valence-electron chi connectivity index (χ4n) is 0.285. The van der Waals surface area contributed by atoms with E-state index in [4.69, 9.17) is 15.6 Å². The van der Waals surface area contributed by atoms with E-state index in [2.05, 4.69) is 0 Å². The van der Waals surface area contributed by atoms with Crippen molar-refractivity contribution in [2.45, 2.75) is 26.8 Å². The Labute approximate surface area is 76.9 Å². The molecule has 0 aromatic carbocycles. The number of carboxylic acid groups (broad SMARTS) is 1. The highest BCUT2D eigenvalue weighted by molar-refractivity contribution is 6.23. The molecule has 0 heterocycles. The number of ketones is 1. The summed E-state index contributed by atoms with van der Waals surface area (Å²) < 4.78 is 0. The van der Waals surface area contributed by atoms with Crippen molar-refractivity contribution in [2.24, 2.45) is 11.7 Å². The highest BCUT2D eigenvalue weighted by Gasteiger charge is 2.14. The summed E-state index contributed by atoms with van der Waals surface area (Å²) in [6, 6.07) is -0.713. The molecule has 0 aliphatic heterocycles. The first-order valence-electron chi connectivity index (χ1n) is 3.77. The monoisotopic (exact) mass is 189 g/mol. The van der Waals surface area contributed by atoms with Crippen molar-refractivity contribution >= 4 is 18.0 Å². The lowest BCUT2D eigenvalue weighted by molar-refractivity contribution is -0.139. The molecular weight excluding hydrogens is 174 g/mol. The van der Waals surface area contributed by atoms with Crippen molar-refractivity contribution in [1.82, 2.24) is 0 Å². The number of aliphatic carboxylic acids is 1. The summed E-state index contributed by atoms with van der Waals surface area (Å²) in [6.07, 6.45) is 0.278. The van der Waals surface area contributed by atoms with E-state index in [-0.39, 0.29) is 12.2 Å². The lowest BCUT2D eigenvalue weighted by Crippen LogP contribution is -2.34. The van der Waals surface area contributed by atoms with E-state index < -0.39 is 17.8 Å². The third-order valence-electron chi connectivity index (χ3n) is 1.17. The minimum Gasteiger partial charge on any atom is -0.480 e. The smallest absolute Gasteiger partial charge is 0.320 e. The van der Waals surface area contributed by atoms with E-state index in [1.165, 1.54) is 6.92 Å². The van der Waals surface area contributed by atoms with Gasteiger partial charge < -0.3 is 10.8 Å². The Morgan fingerprint density at radius 2 is 1.69 bits per heavy atom. The first kappa shape index (κ1) is 14.3. The maximum atomic E-state index is 10.0. The molecule has 0 radical (unpaired) electrons. The molecule has 0 unspecified atom stereocenters.